The van der Waals surface area contributed by atoms with E-state index in [9.17, 15) is 31.3 Å². The van der Waals surface area contributed by atoms with E-state index in [0.717, 1.165) is 0 Å². The van der Waals surface area contributed by atoms with Gasteiger partial charge in [0.2, 0.25) is 0 Å². The summed E-state index contributed by atoms with van der Waals surface area (Å²) in [5.41, 5.74) is -0.0111. The zero-order valence-electron chi connectivity index (χ0n) is 14.0. The molecule has 28 heavy (non-hydrogen) atoms. The van der Waals surface area contributed by atoms with E-state index in [0.29, 0.717) is 5.75 Å². The Hall–Kier alpha value is -3.05. The molecule has 0 aliphatic carbocycles. The van der Waals surface area contributed by atoms with Gasteiger partial charge in [-0.15, -0.1) is 0 Å². The van der Waals surface area contributed by atoms with Gasteiger partial charge in [-0.2, -0.15) is 8.78 Å². The lowest BCUT2D eigenvalue weighted by Crippen LogP contribution is -2.39. The van der Waals surface area contributed by atoms with Crippen LogP contribution in [-0.4, -0.2) is 36.8 Å². The SMILES string of the molecule is O=C(COc1ccccc1)Oc1ccccc1COC(=O)C(F)(F)S(=O)(=O)[O-]. The Morgan fingerprint density at radius 3 is 2.25 bits per heavy atom. The minimum atomic E-state index is -6.23. The van der Waals surface area contributed by atoms with Gasteiger partial charge in [0, 0.05) is 5.56 Å². The maximum Gasteiger partial charge on any atom is 0.428 e. The van der Waals surface area contributed by atoms with Crippen LogP contribution in [-0.2, 0) is 31.1 Å². The lowest BCUT2D eigenvalue weighted by atomic mass is 10.2. The summed E-state index contributed by atoms with van der Waals surface area (Å²) in [7, 11) is -6.23. The van der Waals surface area contributed by atoms with Crippen LogP contribution >= 0.6 is 0 Å². The van der Waals surface area contributed by atoms with Gasteiger partial charge < -0.3 is 18.8 Å². The standard InChI is InChI=1S/C17H14F2O8S/c18-17(19,28(22,23)24)16(21)26-10-12-6-4-5-9-14(12)27-15(20)11-25-13-7-2-1-3-8-13/h1-9H,10-11H2,(H,22,23,24)/p-1. The fourth-order valence-electron chi connectivity index (χ4n) is 1.86. The molecular formula is C17H13F2O8S-. The Kier molecular flexibility index (Phi) is 6.65. The van der Waals surface area contributed by atoms with Gasteiger partial charge in [-0.25, -0.2) is 18.0 Å². The third-order valence-corrected chi connectivity index (χ3v) is 4.00. The summed E-state index contributed by atoms with van der Waals surface area (Å²) in [5.74, 6) is -3.06. The van der Waals surface area contributed by atoms with Gasteiger partial charge in [0.25, 0.3) is 0 Å². The van der Waals surface area contributed by atoms with Crippen LogP contribution in [0.3, 0.4) is 0 Å². The van der Waals surface area contributed by atoms with Crippen molar-refractivity contribution in [2.24, 2.45) is 0 Å². The van der Waals surface area contributed by atoms with E-state index in [2.05, 4.69) is 4.74 Å². The first-order valence-electron chi connectivity index (χ1n) is 7.58. The number of esters is 2. The molecule has 0 fully saturated rings. The van der Waals surface area contributed by atoms with Gasteiger partial charge in [0.1, 0.15) is 18.1 Å². The molecule has 0 spiro atoms. The molecule has 0 saturated carbocycles. The molecule has 2 aromatic carbocycles. The number of hydrogen-bond donors (Lipinski definition) is 0. The van der Waals surface area contributed by atoms with E-state index in [1.807, 2.05) is 0 Å². The van der Waals surface area contributed by atoms with Crippen molar-refractivity contribution in [2.75, 3.05) is 6.61 Å². The number of benzene rings is 2. The number of ether oxygens (including phenoxy) is 3. The normalized spacial score (nSPS) is 11.5. The highest BCUT2D eigenvalue weighted by Gasteiger charge is 2.48. The maximum atomic E-state index is 13.1. The van der Waals surface area contributed by atoms with Crippen LogP contribution in [0.5, 0.6) is 11.5 Å². The van der Waals surface area contributed by atoms with E-state index >= 15 is 0 Å². The number of carbonyl (C=O) groups excluding carboxylic acids is 2. The highest BCUT2D eigenvalue weighted by Crippen LogP contribution is 2.25. The monoisotopic (exact) mass is 415 g/mol. The van der Waals surface area contributed by atoms with Crippen molar-refractivity contribution >= 4 is 22.1 Å². The zero-order valence-corrected chi connectivity index (χ0v) is 14.9. The lowest BCUT2D eigenvalue weighted by Gasteiger charge is -2.18. The maximum absolute atomic E-state index is 13.1. The molecule has 0 saturated heterocycles. The first-order valence-corrected chi connectivity index (χ1v) is 8.99. The zero-order chi connectivity index (χ0) is 20.8. The first-order chi connectivity index (χ1) is 13.1. The molecule has 0 aromatic heterocycles. The predicted octanol–water partition coefficient (Wildman–Crippen LogP) is 1.85. The molecule has 11 heteroatoms. The molecule has 0 bridgehead atoms. The van der Waals surface area contributed by atoms with Crippen molar-refractivity contribution in [1.29, 1.82) is 0 Å². The summed E-state index contributed by atoms with van der Waals surface area (Å²) in [6.45, 7) is -1.31. The van der Waals surface area contributed by atoms with Gasteiger partial charge in [0.05, 0.1) is 0 Å². The van der Waals surface area contributed by atoms with Crippen LogP contribution in [0.2, 0.25) is 0 Å². The van der Waals surface area contributed by atoms with E-state index in [1.54, 1.807) is 30.3 Å². The summed E-state index contributed by atoms with van der Waals surface area (Å²) in [4.78, 5) is 23.1. The average Bonchev–Trinajstić information content (AvgIpc) is 2.65. The summed E-state index contributed by atoms with van der Waals surface area (Å²) < 4.78 is 71.9. The molecule has 0 N–H and O–H groups in total. The predicted molar refractivity (Wildman–Crippen MR) is 88.5 cm³/mol. The summed E-state index contributed by atoms with van der Waals surface area (Å²) in [5, 5.41) is -5.23. The van der Waals surface area contributed by atoms with E-state index < -0.39 is 40.5 Å². The molecule has 0 heterocycles. The quantitative estimate of drug-likeness (QED) is 0.364. The molecule has 0 radical (unpaired) electrons. The average molecular weight is 415 g/mol. The third-order valence-electron chi connectivity index (χ3n) is 3.21. The van der Waals surface area contributed by atoms with Crippen molar-refractivity contribution in [1.82, 2.24) is 0 Å². The molecule has 0 atom stereocenters. The third kappa shape index (κ3) is 5.47. The van der Waals surface area contributed by atoms with Crippen LogP contribution in [0.1, 0.15) is 5.56 Å². The number of carbonyl (C=O) groups is 2. The first kappa shape index (κ1) is 21.3. The highest BCUT2D eigenvalue weighted by molar-refractivity contribution is 7.87. The Bertz CT molecular complexity index is 945. The number of alkyl halides is 2. The number of hydrogen-bond acceptors (Lipinski definition) is 8. The van der Waals surface area contributed by atoms with Crippen LogP contribution in [0.4, 0.5) is 8.78 Å². The van der Waals surface area contributed by atoms with Crippen LogP contribution in [0.15, 0.2) is 54.6 Å². The fourth-order valence-corrected chi connectivity index (χ4v) is 2.13. The Balaban J connectivity index is 1.99. The fraction of sp³-hybridized carbons (Fsp3) is 0.176. The largest absolute Gasteiger partial charge is 0.743 e. The molecule has 8 nitrogen and oxygen atoms in total. The van der Waals surface area contributed by atoms with Gasteiger partial charge in [0.15, 0.2) is 16.7 Å². The summed E-state index contributed by atoms with van der Waals surface area (Å²) in [6, 6.07) is 13.9. The Labute approximate surface area is 158 Å². The topological polar surface area (TPSA) is 119 Å². The molecule has 0 aliphatic heterocycles. The second kappa shape index (κ2) is 8.76. The molecule has 0 aliphatic rings. The Morgan fingerprint density at radius 2 is 1.61 bits per heavy atom. The molecule has 0 amide bonds. The van der Waals surface area contributed by atoms with Crippen molar-refractivity contribution < 1.29 is 45.6 Å². The second-order valence-corrected chi connectivity index (χ2v) is 6.65. The van der Waals surface area contributed by atoms with Gasteiger partial charge in [-0.1, -0.05) is 36.4 Å². The highest BCUT2D eigenvalue weighted by atomic mass is 32.2. The van der Waals surface area contributed by atoms with Gasteiger partial charge >= 0.3 is 17.2 Å². The molecular weight excluding hydrogens is 402 g/mol. The minimum absolute atomic E-state index is 0.0111. The van der Waals surface area contributed by atoms with Gasteiger partial charge in [-0.3, -0.25) is 0 Å². The van der Waals surface area contributed by atoms with Crippen molar-refractivity contribution in [3.05, 3.63) is 60.2 Å². The molecule has 2 rings (SSSR count). The smallest absolute Gasteiger partial charge is 0.428 e. The van der Waals surface area contributed by atoms with Crippen molar-refractivity contribution in [2.45, 2.75) is 11.9 Å². The van der Waals surface area contributed by atoms with Crippen LogP contribution < -0.4 is 9.47 Å². The molecule has 0 unspecified atom stereocenters. The van der Waals surface area contributed by atoms with Crippen LogP contribution in [0.25, 0.3) is 0 Å². The summed E-state index contributed by atoms with van der Waals surface area (Å²) >= 11 is 0. The number of rotatable bonds is 8. The lowest BCUT2D eigenvalue weighted by molar-refractivity contribution is -0.162. The van der Waals surface area contributed by atoms with E-state index in [4.69, 9.17) is 9.47 Å². The van der Waals surface area contributed by atoms with Crippen molar-refractivity contribution in [3.8, 4) is 11.5 Å². The molecule has 150 valence electrons. The summed E-state index contributed by atoms with van der Waals surface area (Å²) in [6.07, 6.45) is 0. The van der Waals surface area contributed by atoms with E-state index in [1.165, 1.54) is 24.3 Å². The van der Waals surface area contributed by atoms with Gasteiger partial charge in [-0.05, 0) is 18.2 Å². The minimum Gasteiger partial charge on any atom is -0.743 e. The van der Waals surface area contributed by atoms with Crippen LogP contribution in [0, 0.1) is 0 Å². The molecule has 2 aromatic rings. The Morgan fingerprint density at radius 1 is 1.00 bits per heavy atom. The van der Waals surface area contributed by atoms with E-state index in [-0.39, 0.29) is 11.3 Å². The second-order valence-electron chi connectivity index (χ2n) is 5.23. The number of para-hydroxylation sites is 2. The number of halogens is 2. The van der Waals surface area contributed by atoms with Crippen molar-refractivity contribution in [3.63, 3.8) is 0 Å².